The molecule has 0 aliphatic heterocycles. The Kier molecular flexibility index (Phi) is 7.58. The summed E-state index contributed by atoms with van der Waals surface area (Å²) >= 11 is 0. The summed E-state index contributed by atoms with van der Waals surface area (Å²) in [5.41, 5.74) is -0.672. The number of rotatable bonds is 8. The summed E-state index contributed by atoms with van der Waals surface area (Å²) in [6, 6.07) is 8.35. The van der Waals surface area contributed by atoms with Gasteiger partial charge in [0.1, 0.15) is 17.2 Å². The van der Waals surface area contributed by atoms with E-state index in [0.717, 1.165) is 18.2 Å². The van der Waals surface area contributed by atoms with Crippen LogP contribution >= 0.6 is 0 Å². The Balaban J connectivity index is 2.68. The van der Waals surface area contributed by atoms with Gasteiger partial charge in [0, 0.05) is 13.1 Å². The lowest BCUT2D eigenvalue weighted by molar-refractivity contribution is -0.137. The van der Waals surface area contributed by atoms with Crippen LogP contribution in [0.25, 0.3) is 0 Å². The van der Waals surface area contributed by atoms with Gasteiger partial charge in [-0.15, -0.1) is 0 Å². The molecule has 6 nitrogen and oxygen atoms in total. The van der Waals surface area contributed by atoms with Crippen molar-refractivity contribution in [3.05, 3.63) is 53.6 Å². The number of ether oxygens (including phenoxy) is 1. The number of benzene rings is 2. The van der Waals surface area contributed by atoms with E-state index in [0.29, 0.717) is 23.0 Å². The Hall–Kier alpha value is -2.75. The van der Waals surface area contributed by atoms with Crippen LogP contribution in [-0.2, 0) is 21.0 Å². The number of hydrogen-bond acceptors (Lipinski definition) is 4. The normalized spacial score (nSPS) is 11.8. The summed E-state index contributed by atoms with van der Waals surface area (Å²) in [6.07, 6.45) is -4.67. The molecule has 10 heteroatoms. The number of carbonyl (C=O) groups is 1. The third kappa shape index (κ3) is 5.49. The average molecular weight is 459 g/mol. The second-order valence-corrected chi connectivity index (χ2v) is 8.61. The summed E-state index contributed by atoms with van der Waals surface area (Å²) in [5.74, 6) is -0.504. The fourth-order valence-electron chi connectivity index (χ4n) is 3.06. The number of sulfonamides is 1. The number of likely N-dealkylation sites (N-methyl/N-ethyl adjacent to an activating group) is 1. The van der Waals surface area contributed by atoms with Crippen molar-refractivity contribution >= 4 is 21.6 Å². The molecule has 170 valence electrons. The molecule has 0 bridgehead atoms. The minimum atomic E-state index is -4.67. The Morgan fingerprint density at radius 1 is 1.06 bits per heavy atom. The van der Waals surface area contributed by atoms with Gasteiger partial charge >= 0.3 is 6.18 Å². The predicted molar refractivity (Wildman–Crippen MR) is 112 cm³/mol. The first-order valence-electron chi connectivity index (χ1n) is 9.58. The summed E-state index contributed by atoms with van der Waals surface area (Å²) < 4.78 is 72.7. The van der Waals surface area contributed by atoms with Gasteiger partial charge in [0.2, 0.25) is 5.91 Å². The lowest BCUT2D eigenvalue weighted by atomic mass is 10.2. The van der Waals surface area contributed by atoms with E-state index >= 15 is 0 Å². The Morgan fingerprint density at radius 2 is 1.71 bits per heavy atom. The Labute approximate surface area is 180 Å². The summed E-state index contributed by atoms with van der Waals surface area (Å²) in [7, 11) is -3.14. The number of halogens is 3. The molecule has 0 aromatic heterocycles. The molecular weight excluding hydrogens is 433 g/mol. The van der Waals surface area contributed by atoms with Gasteiger partial charge in [-0.2, -0.15) is 13.2 Å². The molecule has 2 aromatic carbocycles. The highest BCUT2D eigenvalue weighted by Crippen LogP contribution is 2.35. The van der Waals surface area contributed by atoms with E-state index in [9.17, 15) is 26.4 Å². The van der Waals surface area contributed by atoms with Gasteiger partial charge in [-0.25, -0.2) is 8.42 Å². The molecule has 1 amide bonds. The third-order valence-electron chi connectivity index (χ3n) is 4.74. The second-order valence-electron chi connectivity index (χ2n) is 6.78. The zero-order valence-corrected chi connectivity index (χ0v) is 18.5. The van der Waals surface area contributed by atoms with E-state index < -0.39 is 34.2 Å². The van der Waals surface area contributed by atoms with Gasteiger partial charge in [0.25, 0.3) is 10.0 Å². The smallest absolute Gasteiger partial charge is 0.416 e. The van der Waals surface area contributed by atoms with Crippen LogP contribution in [0.1, 0.15) is 25.0 Å². The van der Waals surface area contributed by atoms with Gasteiger partial charge in [0.05, 0.1) is 18.4 Å². The standard InChI is InChI=1S/C21H25F3N2O4S/c1-5-25(6-2)20(27)14-26(17-9-7-8-16(13-17)21(22,23)24)31(28,29)19-12-15(3)10-11-18(19)30-4/h7-13H,5-6,14H2,1-4H3. The SMILES string of the molecule is CCN(CC)C(=O)CN(c1cccc(C(F)(F)F)c1)S(=O)(=O)c1cc(C)ccc1OC. The second kappa shape index (κ2) is 9.59. The molecule has 0 N–H and O–H groups in total. The Bertz CT molecular complexity index is 1040. The van der Waals surface area contributed by atoms with E-state index in [1.807, 2.05) is 0 Å². The van der Waals surface area contributed by atoms with Crippen molar-refractivity contribution < 1.29 is 31.1 Å². The topological polar surface area (TPSA) is 66.9 Å². The molecule has 0 spiro atoms. The summed E-state index contributed by atoms with van der Waals surface area (Å²) in [4.78, 5) is 13.9. The van der Waals surface area contributed by atoms with Crippen LogP contribution in [-0.4, -0.2) is 46.0 Å². The van der Waals surface area contributed by atoms with E-state index in [-0.39, 0.29) is 16.3 Å². The number of carbonyl (C=O) groups excluding carboxylic acids is 1. The third-order valence-corrected chi connectivity index (χ3v) is 6.54. The highest BCUT2D eigenvalue weighted by Gasteiger charge is 2.34. The number of nitrogens with zero attached hydrogens (tertiary/aromatic N) is 2. The fraction of sp³-hybridized carbons (Fsp3) is 0.381. The van der Waals surface area contributed by atoms with E-state index in [1.165, 1.54) is 30.2 Å². The van der Waals surface area contributed by atoms with E-state index in [1.54, 1.807) is 26.8 Å². The van der Waals surface area contributed by atoms with Crippen molar-refractivity contribution in [2.24, 2.45) is 0 Å². The van der Waals surface area contributed by atoms with Crippen LogP contribution in [0.15, 0.2) is 47.4 Å². The van der Waals surface area contributed by atoms with Gasteiger partial charge in [-0.05, 0) is 56.7 Å². The molecule has 0 unspecified atom stereocenters. The first kappa shape index (κ1) is 24.5. The maximum Gasteiger partial charge on any atom is 0.416 e. The number of anilines is 1. The molecule has 0 radical (unpaired) electrons. The van der Waals surface area contributed by atoms with Gasteiger partial charge in [-0.3, -0.25) is 9.10 Å². The summed E-state index contributed by atoms with van der Waals surface area (Å²) in [6.45, 7) is 5.15. The number of methoxy groups -OCH3 is 1. The minimum Gasteiger partial charge on any atom is -0.495 e. The van der Waals surface area contributed by atoms with Crippen LogP contribution in [0.5, 0.6) is 5.75 Å². The molecule has 0 aliphatic carbocycles. The number of alkyl halides is 3. The number of amides is 1. The average Bonchev–Trinajstić information content (AvgIpc) is 2.72. The lowest BCUT2D eigenvalue weighted by Crippen LogP contribution is -2.43. The molecule has 0 atom stereocenters. The molecule has 31 heavy (non-hydrogen) atoms. The quantitative estimate of drug-likeness (QED) is 0.598. The summed E-state index contributed by atoms with van der Waals surface area (Å²) in [5, 5.41) is 0. The molecule has 0 fully saturated rings. The highest BCUT2D eigenvalue weighted by atomic mass is 32.2. The van der Waals surface area contributed by atoms with Crippen molar-refractivity contribution in [1.29, 1.82) is 0 Å². The zero-order chi connectivity index (χ0) is 23.4. The zero-order valence-electron chi connectivity index (χ0n) is 17.7. The van der Waals surface area contributed by atoms with Crippen LogP contribution < -0.4 is 9.04 Å². The highest BCUT2D eigenvalue weighted by molar-refractivity contribution is 7.93. The van der Waals surface area contributed by atoms with Crippen LogP contribution in [0, 0.1) is 6.92 Å². The number of hydrogen-bond donors (Lipinski definition) is 0. The first-order chi connectivity index (χ1) is 14.4. The van der Waals surface area contributed by atoms with Gasteiger partial charge in [-0.1, -0.05) is 12.1 Å². The van der Waals surface area contributed by atoms with Crippen molar-refractivity contribution in [3.8, 4) is 5.75 Å². The number of aryl methyl sites for hydroxylation is 1. The van der Waals surface area contributed by atoms with Crippen molar-refractivity contribution in [3.63, 3.8) is 0 Å². The van der Waals surface area contributed by atoms with E-state index in [2.05, 4.69) is 0 Å². The minimum absolute atomic E-state index is 0.0258. The molecule has 2 rings (SSSR count). The molecule has 0 heterocycles. The van der Waals surface area contributed by atoms with Gasteiger partial charge < -0.3 is 9.64 Å². The van der Waals surface area contributed by atoms with Crippen molar-refractivity contribution in [1.82, 2.24) is 4.90 Å². The maximum atomic E-state index is 13.6. The van der Waals surface area contributed by atoms with Crippen LogP contribution in [0.2, 0.25) is 0 Å². The van der Waals surface area contributed by atoms with Gasteiger partial charge in [0.15, 0.2) is 0 Å². The lowest BCUT2D eigenvalue weighted by Gasteiger charge is -2.28. The largest absolute Gasteiger partial charge is 0.495 e. The Morgan fingerprint density at radius 3 is 2.26 bits per heavy atom. The van der Waals surface area contributed by atoms with Crippen molar-refractivity contribution in [2.75, 3.05) is 31.0 Å². The molecule has 0 saturated carbocycles. The molecule has 0 saturated heterocycles. The van der Waals surface area contributed by atoms with E-state index in [4.69, 9.17) is 4.74 Å². The van der Waals surface area contributed by atoms with Crippen LogP contribution in [0.4, 0.5) is 18.9 Å². The first-order valence-corrected chi connectivity index (χ1v) is 11.0. The molecule has 0 aliphatic rings. The molecular formula is C21H25F3N2O4S. The monoisotopic (exact) mass is 458 g/mol. The fourth-order valence-corrected chi connectivity index (χ4v) is 4.71. The maximum absolute atomic E-state index is 13.6. The predicted octanol–water partition coefficient (Wildman–Crippen LogP) is 4.09. The van der Waals surface area contributed by atoms with Crippen molar-refractivity contribution in [2.45, 2.75) is 31.8 Å². The molecule has 2 aromatic rings. The van der Waals surface area contributed by atoms with Crippen LogP contribution in [0.3, 0.4) is 0 Å².